The van der Waals surface area contributed by atoms with Gasteiger partial charge in [-0.3, -0.25) is 4.68 Å². The number of carboxylic acid groups (broad SMARTS) is 1. The quantitative estimate of drug-likeness (QED) is 0.134. The largest absolute Gasteiger partial charge is 0.486 e. The highest BCUT2D eigenvalue weighted by atomic mass is 28.4. The zero-order chi connectivity index (χ0) is 35.2. The van der Waals surface area contributed by atoms with Gasteiger partial charge in [-0.25, -0.2) is 19.2 Å². The number of fused-ring (bicyclic) bond motifs is 1. The zero-order valence-electron chi connectivity index (χ0n) is 29.0. The van der Waals surface area contributed by atoms with Crippen molar-refractivity contribution in [1.82, 2.24) is 20.6 Å². The lowest BCUT2D eigenvalue weighted by atomic mass is 9.90. The van der Waals surface area contributed by atoms with Gasteiger partial charge < -0.3 is 29.1 Å². The van der Waals surface area contributed by atoms with Crippen molar-refractivity contribution in [2.45, 2.75) is 109 Å². The van der Waals surface area contributed by atoms with Gasteiger partial charge in [-0.15, -0.1) is 0 Å². The number of nitrogens with zero attached hydrogens (tertiary/aromatic N) is 2. The van der Waals surface area contributed by atoms with Crippen LogP contribution in [-0.2, 0) is 36.5 Å². The van der Waals surface area contributed by atoms with Crippen LogP contribution in [0.5, 0.6) is 5.75 Å². The number of rotatable bonds is 13. The van der Waals surface area contributed by atoms with Crippen molar-refractivity contribution in [3.05, 3.63) is 48.8 Å². The van der Waals surface area contributed by atoms with Crippen LogP contribution in [0, 0.1) is 0 Å². The summed E-state index contributed by atoms with van der Waals surface area (Å²) in [6.45, 7) is 21.7. The third kappa shape index (κ3) is 10.3. The van der Waals surface area contributed by atoms with Crippen LogP contribution in [0.1, 0.15) is 60.5 Å². The lowest BCUT2D eigenvalue weighted by molar-refractivity contribution is -0.189. The molecule has 0 unspecified atom stereocenters. The number of aryl methyl sites for hydroxylation is 1. The summed E-state index contributed by atoms with van der Waals surface area (Å²) in [5.41, 5.74) is 2.25. The summed E-state index contributed by atoms with van der Waals surface area (Å²) in [5.74, 6) is -0.769. The Bertz CT molecular complexity index is 1430. The van der Waals surface area contributed by atoms with E-state index in [-0.39, 0.29) is 24.3 Å². The predicted molar refractivity (Wildman–Crippen MR) is 179 cm³/mol. The van der Waals surface area contributed by atoms with Crippen LogP contribution >= 0.6 is 0 Å². The highest BCUT2D eigenvalue weighted by Crippen LogP contribution is 2.38. The first kappa shape index (κ1) is 37.6. The van der Waals surface area contributed by atoms with Crippen molar-refractivity contribution in [3.63, 3.8) is 0 Å². The number of aromatic nitrogens is 2. The molecule has 0 radical (unpaired) electrons. The maximum absolute atomic E-state index is 12.4. The average molecular weight is 675 g/mol. The van der Waals surface area contributed by atoms with E-state index in [1.165, 1.54) is 13.0 Å². The van der Waals surface area contributed by atoms with E-state index in [0.29, 0.717) is 25.1 Å². The predicted octanol–water partition coefficient (Wildman–Crippen LogP) is 5.85. The second-order valence-corrected chi connectivity index (χ2v) is 19.1. The van der Waals surface area contributed by atoms with Crippen molar-refractivity contribution >= 4 is 26.5 Å². The number of hydrogen-bond acceptors (Lipinski definition) is 9. The molecule has 3 N–H and O–H groups in total. The Hall–Kier alpha value is -3.88. The van der Waals surface area contributed by atoms with Crippen LogP contribution in [0.15, 0.2) is 43.2 Å². The van der Waals surface area contributed by atoms with Crippen molar-refractivity contribution in [2.75, 3.05) is 13.2 Å². The minimum Gasteiger partial charge on any atom is -0.486 e. The number of ether oxygens (including phenoxy) is 3. The summed E-state index contributed by atoms with van der Waals surface area (Å²) < 4.78 is 24.8. The van der Waals surface area contributed by atoms with E-state index >= 15 is 0 Å². The Labute approximate surface area is 278 Å². The molecule has 0 bridgehead atoms. The van der Waals surface area contributed by atoms with Crippen molar-refractivity contribution in [3.8, 4) is 16.9 Å². The second kappa shape index (κ2) is 14.9. The molecular weight excluding hydrogens is 624 g/mol. The third-order valence-electron chi connectivity index (χ3n) is 8.22. The van der Waals surface area contributed by atoms with Crippen LogP contribution in [0.2, 0.25) is 18.1 Å². The molecule has 47 heavy (non-hydrogen) atoms. The van der Waals surface area contributed by atoms with Crippen LogP contribution in [0.3, 0.4) is 0 Å². The number of hydrogen-bond donors (Lipinski definition) is 3. The highest BCUT2D eigenvalue weighted by molar-refractivity contribution is 6.74. The topological polar surface area (TPSA) is 159 Å². The van der Waals surface area contributed by atoms with Crippen LogP contribution in [0.4, 0.5) is 9.59 Å². The smallest absolute Gasteiger partial charge is 0.431 e. The fourth-order valence-electron chi connectivity index (χ4n) is 4.58. The van der Waals surface area contributed by atoms with Crippen LogP contribution in [-0.4, -0.2) is 77.9 Å². The van der Waals surface area contributed by atoms with Gasteiger partial charge in [0.15, 0.2) is 8.32 Å². The lowest BCUT2D eigenvalue weighted by Crippen LogP contribution is -2.56. The van der Waals surface area contributed by atoms with Crippen LogP contribution < -0.4 is 15.5 Å². The number of hydroxylamine groups is 1. The zero-order valence-corrected chi connectivity index (χ0v) is 30.0. The van der Waals surface area contributed by atoms with E-state index < -0.39 is 43.8 Å². The van der Waals surface area contributed by atoms with Gasteiger partial charge in [0.1, 0.15) is 24.1 Å². The molecule has 0 spiro atoms. The van der Waals surface area contributed by atoms with Gasteiger partial charge in [0.2, 0.25) is 5.60 Å². The van der Waals surface area contributed by atoms with E-state index in [9.17, 15) is 19.5 Å². The van der Waals surface area contributed by atoms with Gasteiger partial charge in [0.05, 0.1) is 18.8 Å². The number of amides is 2. The summed E-state index contributed by atoms with van der Waals surface area (Å²) in [7, 11) is -2.18. The van der Waals surface area contributed by atoms with E-state index in [0.717, 1.165) is 16.7 Å². The van der Waals surface area contributed by atoms with E-state index in [1.54, 1.807) is 16.9 Å². The Morgan fingerprint density at radius 2 is 1.85 bits per heavy atom. The van der Waals surface area contributed by atoms with Gasteiger partial charge in [-0.2, -0.15) is 10.6 Å². The fourth-order valence-corrected chi connectivity index (χ4v) is 5.93. The molecule has 2 heterocycles. The van der Waals surface area contributed by atoms with E-state index in [4.69, 9.17) is 23.5 Å². The van der Waals surface area contributed by atoms with Gasteiger partial charge in [0, 0.05) is 18.3 Å². The maximum atomic E-state index is 12.4. The standard InChI is InChI=1S/C33H50N4O9Si/c1-11-16-42-30(41)36-46-33(8,28(38)39)27-15-13-23-17-22(12-14-26(23)43-27)24-18-35-37(20-24)21-25(45-47(9,10)32(5,6)7)19-34-29(40)44-31(2,3)4/h11-12,14,17-18,20,25,27H,1,13,15-16,19,21H2,2-10H3,(H,34,40)(H,36,41)(H,38,39)/t25-,27+,33-/m0/s1. The third-order valence-corrected chi connectivity index (χ3v) is 12.8. The number of alkyl carbamates (subject to hydrolysis) is 1. The first-order chi connectivity index (χ1) is 21.7. The van der Waals surface area contributed by atoms with E-state index in [2.05, 4.69) is 50.9 Å². The SMILES string of the molecule is C=CCOC(=O)NO[C@](C)(C(=O)O)[C@H]1CCc2cc(-c3cnn(C[C@H](CNC(=O)OC(C)(C)C)O[Si](C)(C)C(C)(C)C)c3)ccc2O1. The lowest BCUT2D eigenvalue weighted by Gasteiger charge is -2.39. The highest BCUT2D eigenvalue weighted by Gasteiger charge is 2.47. The number of aliphatic carboxylic acids is 1. The molecule has 13 nitrogen and oxygen atoms in total. The molecule has 2 aromatic rings. The summed E-state index contributed by atoms with van der Waals surface area (Å²) in [6.07, 6.45) is 3.27. The normalized spacial score (nSPS) is 16.9. The molecular formula is C33H50N4O9Si. The van der Waals surface area contributed by atoms with Gasteiger partial charge >= 0.3 is 18.2 Å². The monoisotopic (exact) mass is 674 g/mol. The molecule has 1 aliphatic heterocycles. The van der Waals surface area contributed by atoms with Gasteiger partial charge in [-0.05, 0) is 81.9 Å². The van der Waals surface area contributed by atoms with Crippen molar-refractivity contribution in [1.29, 1.82) is 0 Å². The molecule has 0 aliphatic carbocycles. The first-order valence-electron chi connectivity index (χ1n) is 15.7. The first-order valence-corrected chi connectivity index (χ1v) is 18.6. The molecule has 1 aromatic heterocycles. The molecule has 260 valence electrons. The van der Waals surface area contributed by atoms with Crippen molar-refractivity contribution in [2.24, 2.45) is 0 Å². The summed E-state index contributed by atoms with van der Waals surface area (Å²) >= 11 is 0. The molecule has 3 rings (SSSR count). The summed E-state index contributed by atoms with van der Waals surface area (Å²) in [5, 5.41) is 17.3. The van der Waals surface area contributed by atoms with E-state index in [1.807, 2.05) is 44.6 Å². The average Bonchev–Trinajstić information content (AvgIpc) is 3.43. The number of carbonyl (C=O) groups is 3. The number of carbonyl (C=O) groups excluding carboxylic acids is 2. The maximum Gasteiger partial charge on any atom is 0.431 e. The molecule has 0 saturated carbocycles. The summed E-state index contributed by atoms with van der Waals surface area (Å²) in [6, 6.07) is 5.65. The molecule has 3 atom stereocenters. The minimum absolute atomic E-state index is 0.0293. The van der Waals surface area contributed by atoms with Gasteiger partial charge in [-0.1, -0.05) is 39.5 Å². The molecule has 1 aromatic carbocycles. The summed E-state index contributed by atoms with van der Waals surface area (Å²) in [4.78, 5) is 41.7. The molecule has 14 heteroatoms. The van der Waals surface area contributed by atoms with Gasteiger partial charge in [0.25, 0.3) is 0 Å². The number of carboxylic acids is 1. The number of nitrogens with one attached hydrogen (secondary N) is 2. The second-order valence-electron chi connectivity index (χ2n) is 14.3. The molecule has 0 fully saturated rings. The number of benzene rings is 1. The Morgan fingerprint density at radius 3 is 2.47 bits per heavy atom. The minimum atomic E-state index is -2.18. The Balaban J connectivity index is 1.73. The molecule has 2 amide bonds. The van der Waals surface area contributed by atoms with Crippen molar-refractivity contribution < 1.29 is 43.0 Å². The molecule has 1 aliphatic rings. The Kier molecular flexibility index (Phi) is 11.9. The Morgan fingerprint density at radius 1 is 1.15 bits per heavy atom. The van der Waals surface area contributed by atoms with Crippen LogP contribution in [0.25, 0.3) is 11.1 Å². The molecule has 0 saturated heterocycles. The fraction of sp³-hybridized carbons (Fsp3) is 0.576.